The molecule has 0 saturated heterocycles. The molecule has 0 unspecified atom stereocenters. The van der Waals surface area contributed by atoms with Gasteiger partial charge in [-0.05, 0) is 17.5 Å². The Hall–Kier alpha value is -2.41. The Morgan fingerprint density at radius 1 is 1.50 bits per heavy atom. The number of ether oxygens (including phenoxy) is 1. The first kappa shape index (κ1) is 12.6. The van der Waals surface area contributed by atoms with Crippen LogP contribution in [0.5, 0.6) is 0 Å². The van der Waals surface area contributed by atoms with E-state index < -0.39 is 5.97 Å². The van der Waals surface area contributed by atoms with Crippen LogP contribution in [-0.4, -0.2) is 22.6 Å². The molecular weight excluding hydrogens is 280 g/mol. The van der Waals surface area contributed by atoms with Crippen LogP contribution in [0.1, 0.15) is 16.1 Å². The highest BCUT2D eigenvalue weighted by atomic mass is 32.1. The molecule has 0 aliphatic heterocycles. The van der Waals surface area contributed by atoms with Crippen LogP contribution in [-0.2, 0) is 11.3 Å². The van der Waals surface area contributed by atoms with E-state index >= 15 is 0 Å². The van der Waals surface area contributed by atoms with E-state index in [9.17, 15) is 9.59 Å². The van der Waals surface area contributed by atoms with E-state index in [1.54, 1.807) is 6.07 Å². The number of esters is 1. The number of fused-ring (bicyclic) bond motifs is 1. The summed E-state index contributed by atoms with van der Waals surface area (Å²) in [7, 11) is 1.30. The first-order chi connectivity index (χ1) is 9.70. The summed E-state index contributed by atoms with van der Waals surface area (Å²) in [5.74, 6) is -0.122. The largest absolute Gasteiger partial charge is 0.467 e. The summed E-state index contributed by atoms with van der Waals surface area (Å²) in [6, 6.07) is 3.31. The molecule has 3 rings (SSSR count). The van der Waals surface area contributed by atoms with Crippen LogP contribution in [0.3, 0.4) is 0 Å². The van der Waals surface area contributed by atoms with Gasteiger partial charge in [-0.2, -0.15) is 0 Å². The first-order valence-corrected chi connectivity index (χ1v) is 6.66. The van der Waals surface area contributed by atoms with Crippen molar-refractivity contribution in [2.45, 2.75) is 6.54 Å². The van der Waals surface area contributed by atoms with Crippen molar-refractivity contribution in [2.24, 2.45) is 0 Å². The van der Waals surface area contributed by atoms with Crippen LogP contribution in [0.4, 0.5) is 0 Å². The second-order valence-electron chi connectivity index (χ2n) is 4.06. The Kier molecular flexibility index (Phi) is 3.11. The molecule has 0 atom stereocenters. The summed E-state index contributed by atoms with van der Waals surface area (Å²) in [4.78, 5) is 28.0. The summed E-state index contributed by atoms with van der Waals surface area (Å²) in [6.45, 7) is 0.136. The molecule has 0 aromatic carbocycles. The SMILES string of the molecule is COC(=O)c1ccoc1Cn1cnc2ccsc2c1=O. The molecular formula is C13H10N2O4S. The Morgan fingerprint density at radius 3 is 3.15 bits per heavy atom. The van der Waals surface area contributed by atoms with Gasteiger partial charge in [0.1, 0.15) is 16.0 Å². The number of hydrogen-bond donors (Lipinski definition) is 0. The van der Waals surface area contributed by atoms with Gasteiger partial charge in [0.25, 0.3) is 5.56 Å². The van der Waals surface area contributed by atoms with Crippen molar-refractivity contribution in [1.29, 1.82) is 0 Å². The lowest BCUT2D eigenvalue weighted by molar-refractivity contribution is 0.0598. The highest BCUT2D eigenvalue weighted by Crippen LogP contribution is 2.16. The third kappa shape index (κ3) is 2.01. The number of methoxy groups -OCH3 is 1. The van der Waals surface area contributed by atoms with Gasteiger partial charge in [0.15, 0.2) is 0 Å². The lowest BCUT2D eigenvalue weighted by Crippen LogP contribution is -2.21. The summed E-state index contributed by atoms with van der Waals surface area (Å²) in [5.41, 5.74) is 0.826. The molecule has 0 N–H and O–H groups in total. The minimum atomic E-state index is -0.494. The second-order valence-corrected chi connectivity index (χ2v) is 4.98. The Balaban J connectivity index is 2.02. The van der Waals surface area contributed by atoms with Gasteiger partial charge in [-0.15, -0.1) is 11.3 Å². The molecule has 7 heteroatoms. The molecule has 3 heterocycles. The minimum absolute atomic E-state index is 0.136. The molecule has 0 aliphatic rings. The number of nitrogens with zero attached hydrogens (tertiary/aromatic N) is 2. The standard InChI is InChI=1S/C13H10N2O4S/c1-18-13(17)8-2-4-19-10(8)6-15-7-14-9-3-5-20-11(9)12(15)16/h2-5,7H,6H2,1H3. The Labute approximate surface area is 117 Å². The van der Waals surface area contributed by atoms with E-state index in [0.717, 1.165) is 0 Å². The van der Waals surface area contributed by atoms with E-state index in [1.807, 2.05) is 5.38 Å². The molecule has 0 bridgehead atoms. The predicted octanol–water partition coefficient (Wildman–Crippen LogP) is 1.89. The first-order valence-electron chi connectivity index (χ1n) is 5.78. The fraction of sp³-hybridized carbons (Fsp3) is 0.154. The maximum atomic E-state index is 12.2. The van der Waals surface area contributed by atoms with E-state index in [-0.39, 0.29) is 12.1 Å². The normalized spacial score (nSPS) is 10.8. The van der Waals surface area contributed by atoms with Gasteiger partial charge >= 0.3 is 5.97 Å². The molecule has 0 fully saturated rings. The van der Waals surface area contributed by atoms with Gasteiger partial charge in [-0.3, -0.25) is 9.36 Å². The van der Waals surface area contributed by atoms with Crippen LogP contribution in [0, 0.1) is 0 Å². The lowest BCUT2D eigenvalue weighted by Gasteiger charge is -2.04. The average Bonchev–Trinajstić information content (AvgIpc) is 3.10. The molecule has 6 nitrogen and oxygen atoms in total. The van der Waals surface area contributed by atoms with Crippen LogP contribution in [0.25, 0.3) is 10.2 Å². The van der Waals surface area contributed by atoms with Crippen molar-refractivity contribution in [1.82, 2.24) is 9.55 Å². The number of rotatable bonds is 3. The van der Waals surface area contributed by atoms with Crippen LogP contribution >= 0.6 is 11.3 Å². The van der Waals surface area contributed by atoms with Crippen LogP contribution in [0.2, 0.25) is 0 Å². The summed E-state index contributed by atoms with van der Waals surface area (Å²) in [6.07, 6.45) is 2.84. The molecule has 0 aliphatic carbocycles. The smallest absolute Gasteiger partial charge is 0.341 e. The minimum Gasteiger partial charge on any atom is -0.467 e. The number of hydrogen-bond acceptors (Lipinski definition) is 6. The Bertz CT molecular complexity index is 830. The van der Waals surface area contributed by atoms with Crippen molar-refractivity contribution in [3.05, 3.63) is 51.8 Å². The fourth-order valence-corrected chi connectivity index (χ4v) is 2.69. The third-order valence-corrected chi connectivity index (χ3v) is 3.79. The van der Waals surface area contributed by atoms with Gasteiger partial charge in [0, 0.05) is 0 Å². The van der Waals surface area contributed by atoms with Gasteiger partial charge in [-0.25, -0.2) is 9.78 Å². The van der Waals surface area contributed by atoms with Crippen molar-refractivity contribution in [3.8, 4) is 0 Å². The summed E-state index contributed by atoms with van der Waals surface area (Å²) >= 11 is 1.34. The second kappa shape index (κ2) is 4.93. The molecule has 3 aromatic rings. The quantitative estimate of drug-likeness (QED) is 0.689. The molecule has 0 amide bonds. The number of carbonyl (C=O) groups is 1. The van der Waals surface area contributed by atoms with Crippen molar-refractivity contribution in [2.75, 3.05) is 7.11 Å². The van der Waals surface area contributed by atoms with Crippen LogP contribution < -0.4 is 5.56 Å². The highest BCUT2D eigenvalue weighted by molar-refractivity contribution is 7.17. The zero-order valence-electron chi connectivity index (χ0n) is 10.5. The lowest BCUT2D eigenvalue weighted by atomic mass is 10.2. The van der Waals surface area contributed by atoms with E-state index in [1.165, 1.54) is 41.7 Å². The molecule has 0 radical (unpaired) electrons. The molecule has 102 valence electrons. The third-order valence-electron chi connectivity index (χ3n) is 2.90. The van der Waals surface area contributed by atoms with Gasteiger partial charge in [0.05, 0.1) is 31.8 Å². The summed E-state index contributed by atoms with van der Waals surface area (Å²) in [5, 5.41) is 1.82. The maximum Gasteiger partial charge on any atom is 0.341 e. The van der Waals surface area contributed by atoms with E-state index in [4.69, 9.17) is 4.42 Å². The van der Waals surface area contributed by atoms with Crippen molar-refractivity contribution < 1.29 is 13.9 Å². The van der Waals surface area contributed by atoms with E-state index in [2.05, 4.69) is 9.72 Å². The monoisotopic (exact) mass is 290 g/mol. The number of furan rings is 1. The molecule has 3 aromatic heterocycles. The number of carbonyl (C=O) groups excluding carboxylic acids is 1. The zero-order chi connectivity index (χ0) is 14.1. The molecule has 0 spiro atoms. The van der Waals surface area contributed by atoms with E-state index in [0.29, 0.717) is 21.5 Å². The van der Waals surface area contributed by atoms with Gasteiger partial charge in [0.2, 0.25) is 0 Å². The predicted molar refractivity (Wildman–Crippen MR) is 73.0 cm³/mol. The number of thiophene rings is 1. The number of aromatic nitrogens is 2. The zero-order valence-corrected chi connectivity index (χ0v) is 11.3. The van der Waals surface area contributed by atoms with Crippen LogP contribution in [0.15, 0.2) is 39.3 Å². The maximum absolute atomic E-state index is 12.2. The van der Waals surface area contributed by atoms with Gasteiger partial charge < -0.3 is 9.15 Å². The van der Waals surface area contributed by atoms with Crippen molar-refractivity contribution >= 4 is 27.5 Å². The van der Waals surface area contributed by atoms with Gasteiger partial charge in [-0.1, -0.05) is 0 Å². The van der Waals surface area contributed by atoms with Crippen molar-refractivity contribution in [3.63, 3.8) is 0 Å². The highest BCUT2D eigenvalue weighted by Gasteiger charge is 2.16. The molecule has 0 saturated carbocycles. The summed E-state index contributed by atoms with van der Waals surface area (Å²) < 4.78 is 11.9. The molecule has 20 heavy (non-hydrogen) atoms. The average molecular weight is 290 g/mol. The topological polar surface area (TPSA) is 74.3 Å². The Morgan fingerprint density at radius 2 is 2.35 bits per heavy atom. The fourth-order valence-electron chi connectivity index (χ4n) is 1.90.